The molecule has 1 N–H and O–H groups in total. The van der Waals surface area contributed by atoms with Gasteiger partial charge < -0.3 is 9.55 Å². The van der Waals surface area contributed by atoms with E-state index in [4.69, 9.17) is 4.98 Å². The number of thioether (sulfide) groups is 1. The van der Waals surface area contributed by atoms with Crippen LogP contribution in [0.2, 0.25) is 0 Å². The first-order valence-electron chi connectivity index (χ1n) is 10.4. The Balaban J connectivity index is 1.37. The maximum Gasteiger partial charge on any atom is 0.260 e. The summed E-state index contributed by atoms with van der Waals surface area (Å²) in [5.41, 5.74) is 3.05. The second kappa shape index (κ2) is 9.10. The highest BCUT2D eigenvalue weighted by Gasteiger charge is 2.15. The highest BCUT2D eigenvalue weighted by atomic mass is 32.2. The molecular weight excluding hydrogens is 438 g/mol. The van der Waals surface area contributed by atoms with Gasteiger partial charge in [0.2, 0.25) is 0 Å². The molecule has 0 aliphatic heterocycles. The van der Waals surface area contributed by atoms with Gasteiger partial charge in [-0.3, -0.25) is 4.79 Å². The fraction of sp³-hybridized carbons (Fsp3) is 0.167. The molecule has 0 atom stereocenters. The number of H-pyrrole nitrogens is 1. The van der Waals surface area contributed by atoms with Crippen molar-refractivity contribution < 1.29 is 0 Å². The molecule has 0 aliphatic carbocycles. The summed E-state index contributed by atoms with van der Waals surface area (Å²) in [5, 5.41) is 12.3. The fourth-order valence-corrected chi connectivity index (χ4v) is 5.54. The maximum absolute atomic E-state index is 12.9. The Morgan fingerprint density at radius 2 is 1.78 bits per heavy atom. The number of hydrogen-bond donors (Lipinski definition) is 1. The zero-order valence-corrected chi connectivity index (χ0v) is 19.1. The molecular formula is C24H21N5OS2. The zero-order chi connectivity index (χ0) is 21.9. The molecule has 160 valence electrons. The van der Waals surface area contributed by atoms with Crippen LogP contribution in [0.15, 0.2) is 76.0 Å². The second-order valence-electron chi connectivity index (χ2n) is 7.30. The first-order valence-corrected chi connectivity index (χ1v) is 12.2. The van der Waals surface area contributed by atoms with E-state index in [-0.39, 0.29) is 5.56 Å². The van der Waals surface area contributed by atoms with E-state index < -0.39 is 0 Å². The fourth-order valence-electron chi connectivity index (χ4n) is 3.68. The average Bonchev–Trinajstić information content (AvgIpc) is 3.43. The van der Waals surface area contributed by atoms with E-state index >= 15 is 0 Å². The van der Waals surface area contributed by atoms with Gasteiger partial charge in [0.05, 0.1) is 11.1 Å². The standard InChI is InChI=1S/C24H21N5OS2/c1-2-29-20(13-16-9-5-3-6-10-16)27-28-24(29)32-15-19-25-22(30)21-18(14-31-23(21)26-19)17-11-7-4-8-12-17/h3-12,14H,2,13,15H2,1H3,(H,25,26,30). The van der Waals surface area contributed by atoms with E-state index in [1.807, 2.05) is 53.9 Å². The van der Waals surface area contributed by atoms with Gasteiger partial charge >= 0.3 is 0 Å². The molecule has 0 unspecified atom stereocenters. The molecule has 8 heteroatoms. The topological polar surface area (TPSA) is 76.5 Å². The van der Waals surface area contributed by atoms with E-state index in [0.717, 1.165) is 39.9 Å². The van der Waals surface area contributed by atoms with Crippen LogP contribution in [0, 0.1) is 0 Å². The third-order valence-corrected chi connectivity index (χ3v) is 7.08. The minimum Gasteiger partial charge on any atom is -0.309 e. The largest absolute Gasteiger partial charge is 0.309 e. The molecule has 32 heavy (non-hydrogen) atoms. The maximum atomic E-state index is 12.9. The van der Waals surface area contributed by atoms with Crippen LogP contribution in [0.3, 0.4) is 0 Å². The van der Waals surface area contributed by atoms with Crippen molar-refractivity contribution in [1.82, 2.24) is 24.7 Å². The average molecular weight is 460 g/mol. The molecule has 0 spiro atoms. The number of aromatic nitrogens is 5. The van der Waals surface area contributed by atoms with Crippen molar-refractivity contribution in [1.29, 1.82) is 0 Å². The van der Waals surface area contributed by atoms with Gasteiger partial charge in [-0.15, -0.1) is 21.5 Å². The molecule has 3 aromatic heterocycles. The van der Waals surface area contributed by atoms with Gasteiger partial charge in [-0.05, 0) is 18.1 Å². The molecule has 0 saturated heterocycles. The molecule has 0 bridgehead atoms. The number of fused-ring (bicyclic) bond motifs is 1. The van der Waals surface area contributed by atoms with Crippen LogP contribution < -0.4 is 5.56 Å². The molecule has 3 heterocycles. The van der Waals surface area contributed by atoms with Gasteiger partial charge in [-0.25, -0.2) is 4.98 Å². The Morgan fingerprint density at radius 3 is 2.53 bits per heavy atom. The van der Waals surface area contributed by atoms with Gasteiger partial charge in [0.1, 0.15) is 16.5 Å². The first-order chi connectivity index (χ1) is 15.7. The number of benzene rings is 2. The van der Waals surface area contributed by atoms with Crippen molar-refractivity contribution in [2.75, 3.05) is 0 Å². The van der Waals surface area contributed by atoms with E-state index in [2.05, 4.69) is 38.8 Å². The molecule has 5 rings (SSSR count). The Labute approximate surface area is 193 Å². The Bertz CT molecular complexity index is 1410. The van der Waals surface area contributed by atoms with Gasteiger partial charge in [0.25, 0.3) is 5.56 Å². The second-order valence-corrected chi connectivity index (χ2v) is 9.10. The van der Waals surface area contributed by atoms with Crippen LogP contribution in [0.4, 0.5) is 0 Å². The lowest BCUT2D eigenvalue weighted by Gasteiger charge is -2.07. The SMILES string of the molecule is CCn1c(Cc2ccccc2)nnc1SCc1nc2scc(-c3ccccc3)c2c(=O)[nH]1. The summed E-state index contributed by atoms with van der Waals surface area (Å²) in [6.07, 6.45) is 0.737. The highest BCUT2D eigenvalue weighted by Crippen LogP contribution is 2.31. The highest BCUT2D eigenvalue weighted by molar-refractivity contribution is 7.98. The van der Waals surface area contributed by atoms with Crippen LogP contribution in [-0.2, 0) is 18.7 Å². The van der Waals surface area contributed by atoms with Crippen molar-refractivity contribution in [2.45, 2.75) is 30.8 Å². The number of thiophene rings is 1. The predicted molar refractivity (Wildman–Crippen MR) is 130 cm³/mol. The number of nitrogens with zero attached hydrogens (tertiary/aromatic N) is 4. The van der Waals surface area contributed by atoms with Crippen LogP contribution in [0.25, 0.3) is 21.3 Å². The minimum absolute atomic E-state index is 0.104. The minimum atomic E-state index is -0.104. The molecule has 2 aromatic carbocycles. The van der Waals surface area contributed by atoms with Crippen molar-refractivity contribution in [3.63, 3.8) is 0 Å². The van der Waals surface area contributed by atoms with E-state index in [1.165, 1.54) is 28.7 Å². The number of aromatic amines is 1. The van der Waals surface area contributed by atoms with Crippen molar-refractivity contribution in [3.8, 4) is 11.1 Å². The van der Waals surface area contributed by atoms with Crippen LogP contribution >= 0.6 is 23.1 Å². The number of hydrogen-bond acceptors (Lipinski definition) is 6. The zero-order valence-electron chi connectivity index (χ0n) is 17.5. The molecule has 6 nitrogen and oxygen atoms in total. The third kappa shape index (κ3) is 4.11. The lowest BCUT2D eigenvalue weighted by molar-refractivity contribution is 0.651. The number of rotatable bonds is 7. The summed E-state index contributed by atoms with van der Waals surface area (Å²) in [4.78, 5) is 21.3. The normalized spacial score (nSPS) is 11.3. The van der Waals surface area contributed by atoms with Crippen LogP contribution in [0.1, 0.15) is 24.1 Å². The summed E-state index contributed by atoms with van der Waals surface area (Å²) < 4.78 is 2.12. The van der Waals surface area contributed by atoms with Crippen LogP contribution in [-0.4, -0.2) is 24.7 Å². The van der Waals surface area contributed by atoms with Gasteiger partial charge in [-0.2, -0.15) is 0 Å². The monoisotopic (exact) mass is 459 g/mol. The Kier molecular flexibility index (Phi) is 5.87. The number of nitrogens with one attached hydrogen (secondary N) is 1. The lowest BCUT2D eigenvalue weighted by atomic mass is 10.1. The first kappa shape index (κ1) is 20.7. The summed E-state index contributed by atoms with van der Waals surface area (Å²) >= 11 is 3.04. The molecule has 0 saturated carbocycles. The molecule has 0 radical (unpaired) electrons. The lowest BCUT2D eigenvalue weighted by Crippen LogP contribution is -2.11. The van der Waals surface area contributed by atoms with E-state index in [9.17, 15) is 4.79 Å². The Hall–Kier alpha value is -3.23. The smallest absolute Gasteiger partial charge is 0.260 e. The van der Waals surface area contributed by atoms with Crippen molar-refractivity contribution in [3.05, 3.63) is 93.6 Å². The quantitative estimate of drug-likeness (QED) is 0.341. The molecule has 0 fully saturated rings. The summed E-state index contributed by atoms with van der Waals surface area (Å²) in [6.45, 7) is 2.87. The van der Waals surface area contributed by atoms with Gasteiger partial charge in [0, 0.05) is 23.9 Å². The van der Waals surface area contributed by atoms with Crippen molar-refractivity contribution >= 4 is 33.3 Å². The molecule has 0 amide bonds. The molecule has 0 aliphatic rings. The van der Waals surface area contributed by atoms with E-state index in [0.29, 0.717) is 17.0 Å². The van der Waals surface area contributed by atoms with Gasteiger partial charge in [-0.1, -0.05) is 72.4 Å². The predicted octanol–water partition coefficient (Wildman–Crippen LogP) is 5.15. The van der Waals surface area contributed by atoms with Gasteiger partial charge in [0.15, 0.2) is 5.16 Å². The summed E-state index contributed by atoms with van der Waals surface area (Å²) in [6, 6.07) is 20.2. The summed E-state index contributed by atoms with van der Waals surface area (Å²) in [5.74, 6) is 2.10. The Morgan fingerprint density at radius 1 is 1.03 bits per heavy atom. The summed E-state index contributed by atoms with van der Waals surface area (Å²) in [7, 11) is 0. The van der Waals surface area contributed by atoms with Crippen LogP contribution in [0.5, 0.6) is 0 Å². The van der Waals surface area contributed by atoms with E-state index in [1.54, 1.807) is 0 Å². The molecule has 5 aromatic rings. The van der Waals surface area contributed by atoms with Crippen molar-refractivity contribution in [2.24, 2.45) is 0 Å². The third-order valence-electron chi connectivity index (χ3n) is 5.23.